The first kappa shape index (κ1) is 38.6. The molecule has 0 aromatic heterocycles. The van der Waals surface area contributed by atoms with Gasteiger partial charge in [0.2, 0.25) is 0 Å². The number of hydrogen-bond acceptors (Lipinski definition) is 8. The number of ether oxygens (including phenoxy) is 3. The molecule has 4 fully saturated rings. The summed E-state index contributed by atoms with van der Waals surface area (Å²) in [6.45, 7) is 15.2. The zero-order valence-electron chi connectivity index (χ0n) is 27.9. The van der Waals surface area contributed by atoms with Crippen molar-refractivity contribution in [3.8, 4) is 0 Å². The first-order chi connectivity index (χ1) is 19.9. The molecule has 2 bridgehead atoms. The molecule has 8 nitrogen and oxygen atoms in total. The monoisotopic (exact) mass is 1050 g/mol. The van der Waals surface area contributed by atoms with Crippen molar-refractivity contribution >= 4 is 11.8 Å². The SMILES string of the molecule is CC1=C2C(O)C(=O)[C@@]3(C)C([C@H](C)C(O)(CC1OC(=O)[C@@H]1OC(C)(C)CC1c1ccccc1)C2(C)C)C1(O)COC1C[C@@H]3C.[Ac].[Ac]. The summed E-state index contributed by atoms with van der Waals surface area (Å²) in [6, 6.07) is 9.79. The molecule has 1 aromatic rings. The van der Waals surface area contributed by atoms with Crippen LogP contribution >= 0.6 is 0 Å². The Morgan fingerprint density at radius 2 is 1.62 bits per heavy atom. The second kappa shape index (κ2) is 12.8. The molecule has 2 saturated carbocycles. The van der Waals surface area contributed by atoms with Crippen LogP contribution in [-0.4, -0.2) is 74.9 Å². The summed E-state index contributed by atoms with van der Waals surface area (Å²) in [4.78, 5) is 28.4. The molecule has 2 heterocycles. The van der Waals surface area contributed by atoms with Gasteiger partial charge in [-0.05, 0) is 62.2 Å². The maximum Gasteiger partial charge on any atom is 0.336 e. The van der Waals surface area contributed by atoms with E-state index in [2.05, 4.69) is 0 Å². The zero-order valence-corrected chi connectivity index (χ0v) is 37.4. The largest absolute Gasteiger partial charge is 0.456 e. The molecular weight excluding hydrogens is 1000 g/mol. The Hall–Kier alpha value is 0.783. The van der Waals surface area contributed by atoms with Crippen molar-refractivity contribution in [2.45, 2.75) is 122 Å². The maximum absolute atomic E-state index is 14.4. The van der Waals surface area contributed by atoms with Gasteiger partial charge in [0.25, 0.3) is 0 Å². The summed E-state index contributed by atoms with van der Waals surface area (Å²) in [6.07, 6.45) is -2.49. The minimum Gasteiger partial charge on any atom is -0.456 e. The second-order valence-electron chi connectivity index (χ2n) is 15.5. The summed E-state index contributed by atoms with van der Waals surface area (Å²) in [5, 5.41) is 36.7. The quantitative estimate of drug-likeness (QED) is 0.306. The van der Waals surface area contributed by atoms with E-state index in [1.54, 1.807) is 6.92 Å². The van der Waals surface area contributed by atoms with Gasteiger partial charge in [-0.25, -0.2) is 4.79 Å². The molecular formula is C35H48Ac2O8. The van der Waals surface area contributed by atoms with Crippen LogP contribution in [0.4, 0.5) is 0 Å². The third-order valence-corrected chi connectivity index (χ3v) is 12.6. The number of hydrogen-bond donors (Lipinski definition) is 3. The van der Waals surface area contributed by atoms with E-state index in [9.17, 15) is 24.9 Å². The summed E-state index contributed by atoms with van der Waals surface area (Å²) >= 11 is 0. The predicted molar refractivity (Wildman–Crippen MR) is 159 cm³/mol. The van der Waals surface area contributed by atoms with E-state index < -0.39 is 69.9 Å². The molecule has 2 saturated heterocycles. The summed E-state index contributed by atoms with van der Waals surface area (Å²) in [7, 11) is 0. The van der Waals surface area contributed by atoms with Crippen molar-refractivity contribution in [1.29, 1.82) is 0 Å². The van der Waals surface area contributed by atoms with Crippen molar-refractivity contribution in [2.24, 2.45) is 28.6 Å². The van der Waals surface area contributed by atoms with E-state index in [4.69, 9.17) is 14.2 Å². The van der Waals surface area contributed by atoms with E-state index in [1.807, 2.05) is 78.8 Å². The first-order valence-corrected chi connectivity index (χ1v) is 15.8. The van der Waals surface area contributed by atoms with E-state index in [0.717, 1.165) is 5.56 Å². The van der Waals surface area contributed by atoms with Gasteiger partial charge < -0.3 is 29.5 Å². The molecule has 0 amide bonds. The van der Waals surface area contributed by atoms with Gasteiger partial charge in [-0.1, -0.05) is 65.0 Å². The predicted octanol–water partition coefficient (Wildman–Crippen LogP) is 4.10. The molecule has 3 aliphatic carbocycles. The van der Waals surface area contributed by atoms with Crippen molar-refractivity contribution in [3.63, 3.8) is 0 Å². The fraction of sp³-hybridized carbons (Fsp3) is 0.714. The first-order valence-electron chi connectivity index (χ1n) is 15.8. The Morgan fingerprint density at radius 3 is 2.20 bits per heavy atom. The molecule has 3 N–H and O–H groups in total. The molecule has 242 valence electrons. The fourth-order valence-electron chi connectivity index (χ4n) is 9.93. The number of ketones is 1. The van der Waals surface area contributed by atoms with Crippen LogP contribution in [0.1, 0.15) is 86.1 Å². The van der Waals surface area contributed by atoms with Gasteiger partial charge in [0.1, 0.15) is 17.8 Å². The number of fused-ring (bicyclic) bond motifs is 5. The number of aliphatic hydroxyl groups is 3. The topological polar surface area (TPSA) is 123 Å². The molecule has 2 aliphatic heterocycles. The Labute approximate surface area is 338 Å². The average molecular weight is 1050 g/mol. The zero-order chi connectivity index (χ0) is 31.5. The number of Topliss-reactive ketones (excluding diaryl/α,β-unsaturated/α-hetero) is 1. The summed E-state index contributed by atoms with van der Waals surface area (Å²) < 4.78 is 18.3. The number of carbonyl (C=O) groups is 2. The van der Waals surface area contributed by atoms with Crippen LogP contribution in [0.5, 0.6) is 0 Å². The van der Waals surface area contributed by atoms with Gasteiger partial charge in [0.15, 0.2) is 11.9 Å². The summed E-state index contributed by atoms with van der Waals surface area (Å²) in [5.41, 5.74) is -3.55. The number of esters is 1. The van der Waals surface area contributed by atoms with Crippen LogP contribution in [0, 0.1) is 117 Å². The fourth-order valence-corrected chi connectivity index (χ4v) is 9.93. The molecule has 6 rings (SSSR count). The molecule has 7 unspecified atom stereocenters. The van der Waals surface area contributed by atoms with Crippen LogP contribution in [0.15, 0.2) is 41.5 Å². The Kier molecular flexibility index (Phi) is 11.0. The Morgan fingerprint density at radius 1 is 1.00 bits per heavy atom. The van der Waals surface area contributed by atoms with Gasteiger partial charge in [-0.3, -0.25) is 4.79 Å². The second-order valence-corrected chi connectivity index (χ2v) is 15.5. The van der Waals surface area contributed by atoms with Gasteiger partial charge in [-0.15, -0.1) is 0 Å². The van der Waals surface area contributed by atoms with E-state index in [-0.39, 0.29) is 119 Å². The molecule has 2 radical (unpaired) electrons. The van der Waals surface area contributed by atoms with E-state index in [0.29, 0.717) is 24.0 Å². The maximum atomic E-state index is 14.4. The van der Waals surface area contributed by atoms with E-state index in [1.165, 1.54) is 0 Å². The van der Waals surface area contributed by atoms with Gasteiger partial charge in [0.05, 0.1) is 23.9 Å². The molecule has 10 heteroatoms. The van der Waals surface area contributed by atoms with Crippen LogP contribution in [0.3, 0.4) is 0 Å². The standard InChI is InChI=1S/C35H48O8.2Ac/c1-18-14-24-34(39,17-41-24)28-20(3)35(40)16-23(19(2)25(32(35,6)7)26(36)29(37)33(18,28)8)42-30(38)27-22(15-31(4,5)43-27)21-12-10-9-11-13-21;;/h9-13,18,20,22-24,26-28,36,39-40H,14-17H2,1-8H3;;/t18-,20-,22?,23?,24?,26?,27+,28?,33+,34?,35?;;/m0../s1. The molecule has 0 spiro atoms. The van der Waals surface area contributed by atoms with Gasteiger partial charge in [0, 0.05) is 117 Å². The van der Waals surface area contributed by atoms with Crippen molar-refractivity contribution in [2.75, 3.05) is 6.61 Å². The van der Waals surface area contributed by atoms with Crippen LogP contribution in [-0.2, 0) is 23.8 Å². The molecule has 5 aliphatic rings. The smallest absolute Gasteiger partial charge is 0.336 e. The van der Waals surface area contributed by atoms with Crippen molar-refractivity contribution in [1.82, 2.24) is 0 Å². The molecule has 11 atom stereocenters. The Bertz CT molecular complexity index is 1360. The average Bonchev–Trinajstić information content (AvgIpc) is 3.27. The minimum atomic E-state index is -1.53. The van der Waals surface area contributed by atoms with Gasteiger partial charge in [-0.2, -0.15) is 0 Å². The normalized spacial score (nSPS) is 44.6. The Balaban J connectivity index is 0.00000230. The summed E-state index contributed by atoms with van der Waals surface area (Å²) in [5.74, 6) is -2.55. The molecule has 45 heavy (non-hydrogen) atoms. The van der Waals surface area contributed by atoms with Gasteiger partial charge >= 0.3 is 5.97 Å². The van der Waals surface area contributed by atoms with Crippen molar-refractivity contribution < 1.29 is 127 Å². The van der Waals surface area contributed by atoms with E-state index >= 15 is 0 Å². The number of aliphatic hydroxyl groups excluding tert-OH is 1. The third kappa shape index (κ3) is 5.62. The number of carbonyl (C=O) groups excluding carboxylic acids is 2. The number of benzene rings is 1. The van der Waals surface area contributed by atoms with Crippen LogP contribution < -0.4 is 0 Å². The third-order valence-electron chi connectivity index (χ3n) is 12.6. The van der Waals surface area contributed by atoms with Crippen molar-refractivity contribution in [3.05, 3.63) is 47.0 Å². The minimum absolute atomic E-state index is 0. The molecule has 1 aromatic carbocycles. The number of rotatable bonds is 3. The van der Waals surface area contributed by atoms with Crippen LogP contribution in [0.25, 0.3) is 0 Å². The van der Waals surface area contributed by atoms with Crippen LogP contribution in [0.2, 0.25) is 0 Å².